The number of amides is 1. The number of hydrogen-bond donors (Lipinski definition) is 3. The van der Waals surface area contributed by atoms with Crippen molar-refractivity contribution in [1.82, 2.24) is 10.3 Å². The molecule has 1 amide bonds. The number of hydrogen-bond acceptors (Lipinski definition) is 4. The molecule has 3 N–H and O–H groups in total. The summed E-state index contributed by atoms with van der Waals surface area (Å²) in [4.78, 5) is 26.8. The third-order valence-corrected chi connectivity index (χ3v) is 2.64. The van der Waals surface area contributed by atoms with Crippen LogP contribution in [0, 0.1) is 0 Å². The summed E-state index contributed by atoms with van der Waals surface area (Å²) in [5.41, 5.74) is 0.895. The molecule has 20 heavy (non-hydrogen) atoms. The van der Waals surface area contributed by atoms with Crippen LogP contribution in [0.1, 0.15) is 20.7 Å². The lowest BCUT2D eigenvalue weighted by molar-refractivity contribution is 0.0696. The van der Waals surface area contributed by atoms with Crippen molar-refractivity contribution >= 4 is 23.4 Å². The summed E-state index contributed by atoms with van der Waals surface area (Å²) in [5, 5.41) is 14.4. The predicted octanol–water partition coefficient (Wildman–Crippen LogP) is 1.88. The fourth-order valence-corrected chi connectivity index (χ4v) is 1.65. The highest BCUT2D eigenvalue weighted by Gasteiger charge is 2.15. The Balaban J connectivity index is 2.41. The maximum absolute atomic E-state index is 11.8. The van der Waals surface area contributed by atoms with Gasteiger partial charge in [0.2, 0.25) is 0 Å². The number of nitrogens with zero attached hydrogens (tertiary/aromatic N) is 1. The van der Waals surface area contributed by atoms with Gasteiger partial charge in [0.1, 0.15) is 5.82 Å². The molecule has 2 aromatic rings. The average Bonchev–Trinajstić information content (AvgIpc) is 2.47. The smallest absolute Gasteiger partial charge is 0.337 e. The zero-order chi connectivity index (χ0) is 14.5. The van der Waals surface area contributed by atoms with E-state index in [0.717, 1.165) is 5.69 Å². The molecule has 6 nitrogen and oxygen atoms in total. The molecule has 6 heteroatoms. The number of carbonyl (C=O) groups is 2. The number of pyridine rings is 1. The van der Waals surface area contributed by atoms with Gasteiger partial charge in [-0.2, -0.15) is 0 Å². The van der Waals surface area contributed by atoms with Gasteiger partial charge in [0.25, 0.3) is 5.91 Å². The molecule has 0 aliphatic heterocycles. The number of carboxylic acid groups (broad SMARTS) is 1. The Bertz CT molecular complexity index is 641. The highest BCUT2D eigenvalue weighted by molar-refractivity contribution is 6.01. The summed E-state index contributed by atoms with van der Waals surface area (Å²) in [6.45, 7) is 0. The Kier molecular flexibility index (Phi) is 3.95. The van der Waals surface area contributed by atoms with E-state index in [1.807, 2.05) is 30.3 Å². The van der Waals surface area contributed by atoms with Crippen LogP contribution in [0.25, 0.3) is 0 Å². The minimum absolute atomic E-state index is 0.0396. The third-order valence-electron chi connectivity index (χ3n) is 2.64. The van der Waals surface area contributed by atoms with Gasteiger partial charge in [-0.1, -0.05) is 18.2 Å². The van der Waals surface area contributed by atoms with Crippen molar-refractivity contribution in [3.05, 3.63) is 53.7 Å². The van der Waals surface area contributed by atoms with Crippen molar-refractivity contribution in [1.29, 1.82) is 0 Å². The Morgan fingerprint density at radius 3 is 2.50 bits per heavy atom. The fourth-order valence-electron chi connectivity index (χ4n) is 1.65. The fraction of sp³-hybridized carbons (Fsp3) is 0.0714. The van der Waals surface area contributed by atoms with Crippen LogP contribution in [0.3, 0.4) is 0 Å². The van der Waals surface area contributed by atoms with Crippen molar-refractivity contribution in [2.45, 2.75) is 0 Å². The summed E-state index contributed by atoms with van der Waals surface area (Å²) in [7, 11) is 1.47. The molecule has 1 aromatic carbocycles. The van der Waals surface area contributed by atoms with Crippen LogP contribution in [0.5, 0.6) is 0 Å². The molecular formula is C14H13N3O3. The second-order valence-electron chi connectivity index (χ2n) is 4.00. The molecule has 1 aromatic heterocycles. The van der Waals surface area contributed by atoms with E-state index in [9.17, 15) is 9.59 Å². The van der Waals surface area contributed by atoms with E-state index in [2.05, 4.69) is 15.6 Å². The van der Waals surface area contributed by atoms with Gasteiger partial charge < -0.3 is 15.7 Å². The first-order valence-electron chi connectivity index (χ1n) is 5.89. The van der Waals surface area contributed by atoms with Gasteiger partial charge in [-0.25, -0.2) is 9.78 Å². The highest BCUT2D eigenvalue weighted by Crippen LogP contribution is 2.19. The summed E-state index contributed by atoms with van der Waals surface area (Å²) >= 11 is 0. The first-order chi connectivity index (χ1) is 9.61. The zero-order valence-corrected chi connectivity index (χ0v) is 10.8. The number of nitrogens with one attached hydrogen (secondary N) is 2. The lowest BCUT2D eigenvalue weighted by Gasteiger charge is -2.10. The van der Waals surface area contributed by atoms with Crippen LogP contribution in [-0.2, 0) is 0 Å². The van der Waals surface area contributed by atoms with Gasteiger partial charge in [0.05, 0.1) is 11.1 Å². The average molecular weight is 271 g/mol. The molecule has 1 heterocycles. The van der Waals surface area contributed by atoms with Crippen molar-refractivity contribution in [2.24, 2.45) is 0 Å². The standard InChI is InChI=1S/C14H13N3O3/c1-15-13(18)11-7-9(14(19)20)8-16-12(11)17-10-5-3-2-4-6-10/h2-8H,1H3,(H,15,18)(H,16,17)(H,19,20). The molecule has 102 valence electrons. The molecule has 0 fully saturated rings. The lowest BCUT2D eigenvalue weighted by Crippen LogP contribution is -2.20. The maximum atomic E-state index is 11.8. The van der Waals surface area contributed by atoms with Crippen LogP contribution in [0.15, 0.2) is 42.6 Å². The summed E-state index contributed by atoms with van der Waals surface area (Å²) < 4.78 is 0. The van der Waals surface area contributed by atoms with Crippen molar-refractivity contribution in [2.75, 3.05) is 12.4 Å². The summed E-state index contributed by atoms with van der Waals surface area (Å²) in [6, 6.07) is 10.5. The van der Waals surface area contributed by atoms with E-state index in [0.29, 0.717) is 5.82 Å². The van der Waals surface area contributed by atoms with Gasteiger partial charge in [0, 0.05) is 18.9 Å². The van der Waals surface area contributed by atoms with E-state index < -0.39 is 11.9 Å². The van der Waals surface area contributed by atoms with Crippen LogP contribution in [0.2, 0.25) is 0 Å². The van der Waals surface area contributed by atoms with Crippen LogP contribution < -0.4 is 10.6 Å². The van der Waals surface area contributed by atoms with Gasteiger partial charge in [-0.05, 0) is 18.2 Å². The number of carbonyl (C=O) groups excluding carboxylic acids is 1. The molecule has 0 atom stereocenters. The largest absolute Gasteiger partial charge is 0.478 e. The van der Waals surface area contributed by atoms with Crippen LogP contribution in [-0.4, -0.2) is 29.0 Å². The summed E-state index contributed by atoms with van der Waals surface area (Å²) in [5.74, 6) is -1.23. The summed E-state index contributed by atoms with van der Waals surface area (Å²) in [6.07, 6.45) is 1.21. The van der Waals surface area contributed by atoms with E-state index in [1.165, 1.54) is 19.3 Å². The molecule has 0 spiro atoms. The number of aromatic nitrogens is 1. The van der Waals surface area contributed by atoms with Gasteiger partial charge >= 0.3 is 5.97 Å². The van der Waals surface area contributed by atoms with Gasteiger partial charge in [-0.3, -0.25) is 4.79 Å². The van der Waals surface area contributed by atoms with Gasteiger partial charge in [0.15, 0.2) is 0 Å². The van der Waals surface area contributed by atoms with Crippen molar-refractivity contribution < 1.29 is 14.7 Å². The normalized spacial score (nSPS) is 9.85. The van der Waals surface area contributed by atoms with E-state index in [-0.39, 0.29) is 11.1 Å². The minimum Gasteiger partial charge on any atom is -0.478 e. The first-order valence-corrected chi connectivity index (χ1v) is 5.89. The monoisotopic (exact) mass is 271 g/mol. The molecule has 2 rings (SSSR count). The number of aromatic carboxylic acids is 1. The van der Waals surface area contributed by atoms with E-state index >= 15 is 0 Å². The second-order valence-corrected chi connectivity index (χ2v) is 4.00. The van der Waals surface area contributed by atoms with Crippen molar-refractivity contribution in [3.8, 4) is 0 Å². The number of para-hydroxylation sites is 1. The van der Waals surface area contributed by atoms with Crippen LogP contribution >= 0.6 is 0 Å². The first kappa shape index (κ1) is 13.5. The van der Waals surface area contributed by atoms with Gasteiger partial charge in [-0.15, -0.1) is 0 Å². The minimum atomic E-state index is -1.13. The molecule has 0 unspecified atom stereocenters. The number of rotatable bonds is 4. The molecule has 0 aliphatic rings. The number of carboxylic acids is 1. The Morgan fingerprint density at radius 2 is 1.90 bits per heavy atom. The SMILES string of the molecule is CNC(=O)c1cc(C(=O)O)cnc1Nc1ccccc1. The van der Waals surface area contributed by atoms with Crippen LogP contribution in [0.4, 0.5) is 11.5 Å². The number of benzene rings is 1. The molecular weight excluding hydrogens is 258 g/mol. The Labute approximate surface area is 115 Å². The second kappa shape index (κ2) is 5.83. The molecule has 0 radical (unpaired) electrons. The highest BCUT2D eigenvalue weighted by atomic mass is 16.4. The van der Waals surface area contributed by atoms with E-state index in [1.54, 1.807) is 0 Å². The number of anilines is 2. The molecule has 0 aliphatic carbocycles. The Hall–Kier alpha value is -2.89. The third kappa shape index (κ3) is 2.92. The predicted molar refractivity (Wildman–Crippen MR) is 74.3 cm³/mol. The topological polar surface area (TPSA) is 91.3 Å². The molecule has 0 bridgehead atoms. The quantitative estimate of drug-likeness (QED) is 0.789. The molecule has 0 saturated heterocycles. The lowest BCUT2D eigenvalue weighted by atomic mass is 10.1. The maximum Gasteiger partial charge on any atom is 0.337 e. The molecule has 0 saturated carbocycles. The van der Waals surface area contributed by atoms with Crippen molar-refractivity contribution in [3.63, 3.8) is 0 Å². The van der Waals surface area contributed by atoms with E-state index in [4.69, 9.17) is 5.11 Å². The zero-order valence-electron chi connectivity index (χ0n) is 10.8. The Morgan fingerprint density at radius 1 is 1.20 bits per heavy atom.